The molecule has 0 atom stereocenters. The summed E-state index contributed by atoms with van der Waals surface area (Å²) in [6, 6.07) is 0.590. The van der Waals surface area contributed by atoms with E-state index in [1.807, 2.05) is 18.7 Å². The van der Waals surface area contributed by atoms with Gasteiger partial charge in [0.25, 0.3) is 0 Å². The molecule has 1 saturated heterocycles. The number of piperidine rings is 1. The summed E-state index contributed by atoms with van der Waals surface area (Å²) in [6.07, 6.45) is 2.90. The first kappa shape index (κ1) is 18.1. The van der Waals surface area contributed by atoms with Crippen LogP contribution < -0.4 is 0 Å². The van der Waals surface area contributed by atoms with Gasteiger partial charge in [0.05, 0.1) is 13.1 Å². The number of amides is 1. The highest BCUT2D eigenvalue weighted by Gasteiger charge is 2.24. The highest BCUT2D eigenvalue weighted by Crippen LogP contribution is 2.14. The number of rotatable bonds is 5. The summed E-state index contributed by atoms with van der Waals surface area (Å²) in [6.45, 7) is 6.32. The van der Waals surface area contributed by atoms with E-state index < -0.39 is 0 Å². The Morgan fingerprint density at radius 1 is 1.21 bits per heavy atom. The topological polar surface area (TPSA) is 43.9 Å². The number of carbonyl (C=O) groups excluding carboxylic acids is 2. The van der Waals surface area contributed by atoms with Crippen LogP contribution >= 0.6 is 0 Å². The number of hydrogen-bond acceptors (Lipinski definition) is 4. The molecule has 1 fully saturated rings. The molecule has 0 radical (unpaired) electrons. The summed E-state index contributed by atoms with van der Waals surface area (Å²) in [4.78, 5) is 28.1. The van der Waals surface area contributed by atoms with Crippen LogP contribution in [0.5, 0.6) is 0 Å². The van der Waals surface area contributed by atoms with Crippen molar-refractivity contribution in [3.63, 3.8) is 0 Å². The normalized spacial score (nSPS) is 16.3. The van der Waals surface area contributed by atoms with Gasteiger partial charge in [0.15, 0.2) is 0 Å². The monoisotopic (exact) mass is 271 g/mol. The Bertz CT molecular complexity index is 261. The summed E-state index contributed by atoms with van der Waals surface area (Å²) in [5.74, 6) is 0.131. The fraction of sp³-hybridized carbons (Fsp3) is 0.857. The minimum atomic E-state index is 0.131. The molecule has 112 valence electrons. The van der Waals surface area contributed by atoms with Gasteiger partial charge >= 0.3 is 0 Å². The minimum Gasteiger partial charge on any atom is -0.341 e. The van der Waals surface area contributed by atoms with Crippen LogP contribution in [0, 0.1) is 0 Å². The molecule has 1 aliphatic heterocycles. The van der Waals surface area contributed by atoms with Crippen LogP contribution in [-0.2, 0) is 9.59 Å². The lowest BCUT2D eigenvalue weighted by Crippen LogP contribution is -2.47. The Morgan fingerprint density at radius 3 is 2.16 bits per heavy atom. The third-order valence-corrected chi connectivity index (χ3v) is 3.34. The standard InChI is InChI=1S/C12H23N3O2.C2H6/c1-13(2)11-4-6-15(7-5-11)12(17)10-14(3)8-9-16;1-2/h9,11H,4-8,10H2,1-3H3;1-2H3. The largest absolute Gasteiger partial charge is 0.341 e. The molecule has 5 heteroatoms. The molecule has 0 bridgehead atoms. The van der Waals surface area contributed by atoms with Crippen LogP contribution in [0.2, 0.25) is 0 Å². The van der Waals surface area contributed by atoms with Gasteiger partial charge in [-0.25, -0.2) is 0 Å². The van der Waals surface area contributed by atoms with Gasteiger partial charge in [-0.15, -0.1) is 0 Å². The fourth-order valence-electron chi connectivity index (χ4n) is 2.15. The van der Waals surface area contributed by atoms with Gasteiger partial charge in [-0.2, -0.15) is 0 Å². The van der Waals surface area contributed by atoms with Crippen molar-refractivity contribution in [2.24, 2.45) is 0 Å². The van der Waals surface area contributed by atoms with Crippen molar-refractivity contribution in [2.45, 2.75) is 32.7 Å². The van der Waals surface area contributed by atoms with Gasteiger partial charge < -0.3 is 14.6 Å². The molecule has 0 aliphatic carbocycles. The van der Waals surface area contributed by atoms with Gasteiger partial charge in [-0.05, 0) is 34.0 Å². The maximum absolute atomic E-state index is 11.9. The first-order chi connectivity index (χ1) is 9.04. The van der Waals surface area contributed by atoms with E-state index >= 15 is 0 Å². The fourth-order valence-corrected chi connectivity index (χ4v) is 2.15. The predicted octanol–water partition coefficient (Wildman–Crippen LogP) is 0.696. The number of likely N-dealkylation sites (N-methyl/N-ethyl adjacent to an activating group) is 1. The lowest BCUT2D eigenvalue weighted by atomic mass is 10.0. The van der Waals surface area contributed by atoms with Gasteiger partial charge in [-0.1, -0.05) is 13.8 Å². The molecular weight excluding hydrogens is 242 g/mol. The summed E-state index contributed by atoms with van der Waals surface area (Å²) in [7, 11) is 5.96. The molecule has 19 heavy (non-hydrogen) atoms. The molecule has 1 amide bonds. The van der Waals surface area contributed by atoms with Crippen molar-refractivity contribution >= 4 is 12.2 Å². The zero-order valence-corrected chi connectivity index (χ0v) is 13.1. The Balaban J connectivity index is 0.00000154. The minimum absolute atomic E-state index is 0.131. The highest BCUT2D eigenvalue weighted by atomic mass is 16.2. The number of carbonyl (C=O) groups is 2. The van der Waals surface area contributed by atoms with E-state index in [4.69, 9.17) is 0 Å². The summed E-state index contributed by atoms with van der Waals surface area (Å²) < 4.78 is 0. The van der Waals surface area contributed by atoms with E-state index in [1.165, 1.54) is 0 Å². The number of nitrogens with zero attached hydrogens (tertiary/aromatic N) is 3. The van der Waals surface area contributed by atoms with Crippen LogP contribution in [0.25, 0.3) is 0 Å². The molecule has 0 spiro atoms. The number of hydrogen-bond donors (Lipinski definition) is 0. The third-order valence-electron chi connectivity index (χ3n) is 3.34. The second kappa shape index (κ2) is 9.92. The highest BCUT2D eigenvalue weighted by molar-refractivity contribution is 5.78. The quantitative estimate of drug-likeness (QED) is 0.690. The Kier molecular flexibility index (Phi) is 9.43. The number of aldehydes is 1. The van der Waals surface area contributed by atoms with Gasteiger partial charge in [-0.3, -0.25) is 9.69 Å². The maximum atomic E-state index is 11.9. The van der Waals surface area contributed by atoms with Crippen molar-refractivity contribution in [2.75, 3.05) is 47.3 Å². The van der Waals surface area contributed by atoms with E-state index in [1.54, 1.807) is 11.9 Å². The van der Waals surface area contributed by atoms with Crippen LogP contribution in [-0.4, -0.2) is 80.3 Å². The lowest BCUT2D eigenvalue weighted by molar-refractivity contribution is -0.133. The average Bonchev–Trinajstić information content (AvgIpc) is 2.41. The zero-order chi connectivity index (χ0) is 14.8. The van der Waals surface area contributed by atoms with Gasteiger partial charge in [0.2, 0.25) is 5.91 Å². The first-order valence-electron chi connectivity index (χ1n) is 7.11. The van der Waals surface area contributed by atoms with Crippen LogP contribution in [0.4, 0.5) is 0 Å². The van der Waals surface area contributed by atoms with Crippen LogP contribution in [0.3, 0.4) is 0 Å². The Labute approximate surface area is 117 Å². The SMILES string of the molecule is CC.CN(CC=O)CC(=O)N1CCC(N(C)C)CC1. The van der Waals surface area contributed by atoms with Crippen LogP contribution in [0.1, 0.15) is 26.7 Å². The van der Waals surface area contributed by atoms with Gasteiger partial charge in [0.1, 0.15) is 6.29 Å². The van der Waals surface area contributed by atoms with Gasteiger partial charge in [0, 0.05) is 19.1 Å². The molecule has 0 N–H and O–H groups in total. The second-order valence-corrected chi connectivity index (χ2v) is 4.94. The lowest BCUT2D eigenvalue weighted by Gasteiger charge is -2.35. The molecule has 1 heterocycles. The molecule has 5 nitrogen and oxygen atoms in total. The molecule has 0 saturated carbocycles. The molecule has 1 aliphatic rings. The molecule has 0 aromatic heterocycles. The third kappa shape index (κ3) is 6.68. The van der Waals surface area contributed by atoms with Crippen molar-refractivity contribution < 1.29 is 9.59 Å². The second-order valence-electron chi connectivity index (χ2n) is 4.94. The van der Waals surface area contributed by atoms with Crippen molar-refractivity contribution in [3.8, 4) is 0 Å². The average molecular weight is 271 g/mol. The molecule has 0 unspecified atom stereocenters. The first-order valence-corrected chi connectivity index (χ1v) is 7.11. The van der Waals surface area contributed by atoms with Crippen molar-refractivity contribution in [1.82, 2.24) is 14.7 Å². The molecular formula is C14H29N3O2. The molecule has 1 rings (SSSR count). The zero-order valence-electron chi connectivity index (χ0n) is 13.1. The van der Waals surface area contributed by atoms with Crippen molar-refractivity contribution in [1.29, 1.82) is 0 Å². The molecule has 0 aromatic carbocycles. The smallest absolute Gasteiger partial charge is 0.236 e. The van der Waals surface area contributed by atoms with Crippen molar-refractivity contribution in [3.05, 3.63) is 0 Å². The number of likely N-dealkylation sites (tertiary alicyclic amines) is 1. The maximum Gasteiger partial charge on any atom is 0.236 e. The van der Waals surface area contributed by atoms with E-state index in [2.05, 4.69) is 19.0 Å². The van der Waals surface area contributed by atoms with Crippen LogP contribution in [0.15, 0.2) is 0 Å². The van der Waals surface area contributed by atoms with E-state index in [0.29, 0.717) is 19.1 Å². The Morgan fingerprint density at radius 2 is 1.74 bits per heavy atom. The molecule has 0 aromatic rings. The van der Waals surface area contributed by atoms with E-state index in [0.717, 1.165) is 32.2 Å². The summed E-state index contributed by atoms with van der Waals surface area (Å²) >= 11 is 0. The van der Waals surface area contributed by atoms with E-state index in [-0.39, 0.29) is 5.91 Å². The Hall–Kier alpha value is -0.940. The summed E-state index contributed by atoms with van der Waals surface area (Å²) in [5.41, 5.74) is 0. The predicted molar refractivity (Wildman–Crippen MR) is 78.2 cm³/mol. The summed E-state index contributed by atoms with van der Waals surface area (Å²) in [5, 5.41) is 0. The van der Waals surface area contributed by atoms with E-state index in [9.17, 15) is 9.59 Å².